The maximum atomic E-state index is 10.2. The van der Waals surface area contributed by atoms with Crippen LogP contribution in [0, 0.1) is 13.8 Å². The molecule has 17 heavy (non-hydrogen) atoms. The lowest BCUT2D eigenvalue weighted by molar-refractivity contribution is 0.170. The zero-order valence-corrected chi connectivity index (χ0v) is 10.8. The Balaban J connectivity index is 2.14. The van der Waals surface area contributed by atoms with E-state index in [4.69, 9.17) is 4.74 Å². The third-order valence-corrected chi connectivity index (χ3v) is 3.45. The van der Waals surface area contributed by atoms with Gasteiger partial charge < -0.3 is 15.2 Å². The molecule has 1 atom stereocenters. The van der Waals surface area contributed by atoms with Crippen molar-refractivity contribution in [1.82, 2.24) is 5.32 Å². The fourth-order valence-electron chi connectivity index (χ4n) is 2.02. The van der Waals surface area contributed by atoms with E-state index in [-0.39, 0.29) is 0 Å². The Bertz CT molecular complexity index is 399. The highest BCUT2D eigenvalue weighted by molar-refractivity contribution is 5.46. The van der Waals surface area contributed by atoms with E-state index in [9.17, 15) is 5.11 Å². The van der Waals surface area contributed by atoms with E-state index in [1.165, 1.54) is 18.4 Å². The largest absolute Gasteiger partial charge is 0.496 e. The molecular weight excluding hydrogens is 214 g/mol. The Morgan fingerprint density at radius 1 is 1.41 bits per heavy atom. The van der Waals surface area contributed by atoms with Crippen molar-refractivity contribution in [3.63, 3.8) is 0 Å². The summed E-state index contributed by atoms with van der Waals surface area (Å²) in [5.41, 5.74) is 3.17. The Morgan fingerprint density at radius 3 is 2.71 bits per heavy atom. The molecule has 0 heterocycles. The highest BCUT2D eigenvalue weighted by Gasteiger charge is 2.23. The molecule has 1 aliphatic rings. The third kappa shape index (κ3) is 2.79. The average Bonchev–Trinajstić information content (AvgIpc) is 3.13. The molecule has 1 aromatic rings. The number of benzene rings is 1. The Morgan fingerprint density at radius 2 is 2.12 bits per heavy atom. The van der Waals surface area contributed by atoms with Crippen LogP contribution in [-0.4, -0.2) is 24.8 Å². The summed E-state index contributed by atoms with van der Waals surface area (Å²) < 4.78 is 5.41. The van der Waals surface area contributed by atoms with Gasteiger partial charge in [-0.1, -0.05) is 12.1 Å². The Labute approximate surface area is 103 Å². The van der Waals surface area contributed by atoms with Gasteiger partial charge in [-0.15, -0.1) is 0 Å². The summed E-state index contributed by atoms with van der Waals surface area (Å²) >= 11 is 0. The van der Waals surface area contributed by atoms with Crippen LogP contribution in [0.25, 0.3) is 0 Å². The summed E-state index contributed by atoms with van der Waals surface area (Å²) in [6, 6.07) is 4.61. The predicted molar refractivity (Wildman–Crippen MR) is 68.5 cm³/mol. The first-order valence-corrected chi connectivity index (χ1v) is 6.19. The molecule has 94 valence electrons. The molecule has 0 spiro atoms. The fraction of sp³-hybridized carbons (Fsp3) is 0.571. The van der Waals surface area contributed by atoms with Crippen LogP contribution in [-0.2, 0) is 0 Å². The molecule has 2 N–H and O–H groups in total. The molecule has 1 unspecified atom stereocenters. The molecule has 3 heteroatoms. The van der Waals surface area contributed by atoms with E-state index < -0.39 is 6.10 Å². The van der Waals surface area contributed by atoms with E-state index >= 15 is 0 Å². The van der Waals surface area contributed by atoms with Crippen molar-refractivity contribution in [3.8, 4) is 5.75 Å². The van der Waals surface area contributed by atoms with E-state index in [0.717, 1.165) is 16.9 Å². The van der Waals surface area contributed by atoms with E-state index in [0.29, 0.717) is 12.6 Å². The summed E-state index contributed by atoms with van der Waals surface area (Å²) in [6.07, 6.45) is 1.97. The maximum Gasteiger partial charge on any atom is 0.127 e. The first-order valence-electron chi connectivity index (χ1n) is 6.19. The number of hydrogen-bond acceptors (Lipinski definition) is 3. The van der Waals surface area contributed by atoms with Crippen LogP contribution in [0.2, 0.25) is 0 Å². The topological polar surface area (TPSA) is 41.5 Å². The second-order valence-electron chi connectivity index (χ2n) is 4.83. The average molecular weight is 235 g/mol. The smallest absolute Gasteiger partial charge is 0.127 e. The molecule has 0 bridgehead atoms. The summed E-state index contributed by atoms with van der Waals surface area (Å²) in [7, 11) is 1.66. The van der Waals surface area contributed by atoms with Gasteiger partial charge in [0.1, 0.15) is 5.75 Å². The summed E-state index contributed by atoms with van der Waals surface area (Å²) in [6.45, 7) is 4.68. The molecule has 0 radical (unpaired) electrons. The number of aryl methyl sites for hydroxylation is 1. The van der Waals surface area contributed by atoms with Crippen molar-refractivity contribution < 1.29 is 9.84 Å². The van der Waals surface area contributed by atoms with Crippen LogP contribution < -0.4 is 10.1 Å². The zero-order valence-electron chi connectivity index (χ0n) is 10.8. The second kappa shape index (κ2) is 5.07. The molecule has 1 aromatic carbocycles. The van der Waals surface area contributed by atoms with Gasteiger partial charge >= 0.3 is 0 Å². The number of methoxy groups -OCH3 is 1. The highest BCUT2D eigenvalue weighted by atomic mass is 16.5. The minimum atomic E-state index is -0.496. The van der Waals surface area contributed by atoms with Gasteiger partial charge in [0.05, 0.1) is 13.2 Å². The van der Waals surface area contributed by atoms with Crippen molar-refractivity contribution in [1.29, 1.82) is 0 Å². The van der Waals surface area contributed by atoms with Crippen molar-refractivity contribution >= 4 is 0 Å². The second-order valence-corrected chi connectivity index (χ2v) is 4.83. The van der Waals surface area contributed by atoms with Crippen LogP contribution >= 0.6 is 0 Å². The number of aliphatic hydroxyl groups excluding tert-OH is 1. The Hall–Kier alpha value is -1.06. The Kier molecular flexibility index (Phi) is 3.69. The van der Waals surface area contributed by atoms with E-state index in [2.05, 4.69) is 12.2 Å². The number of rotatable bonds is 5. The summed E-state index contributed by atoms with van der Waals surface area (Å²) in [5.74, 6) is 0.815. The third-order valence-electron chi connectivity index (χ3n) is 3.45. The van der Waals surface area contributed by atoms with E-state index in [1.54, 1.807) is 7.11 Å². The van der Waals surface area contributed by atoms with Gasteiger partial charge in [0.2, 0.25) is 0 Å². The lowest BCUT2D eigenvalue weighted by Gasteiger charge is -2.18. The molecule has 3 nitrogen and oxygen atoms in total. The molecule has 1 aliphatic carbocycles. The normalized spacial score (nSPS) is 16.9. The highest BCUT2D eigenvalue weighted by Crippen LogP contribution is 2.31. The van der Waals surface area contributed by atoms with Crippen LogP contribution in [0.5, 0.6) is 5.75 Å². The van der Waals surface area contributed by atoms with Crippen molar-refractivity contribution in [3.05, 3.63) is 28.8 Å². The van der Waals surface area contributed by atoms with Gasteiger partial charge in [0.15, 0.2) is 0 Å². The minimum absolute atomic E-state index is 0.496. The van der Waals surface area contributed by atoms with Gasteiger partial charge in [-0.2, -0.15) is 0 Å². The number of ether oxygens (including phenoxy) is 1. The number of aliphatic hydroxyl groups is 1. The first-order chi connectivity index (χ1) is 8.13. The maximum absolute atomic E-state index is 10.2. The van der Waals surface area contributed by atoms with Gasteiger partial charge in [-0.25, -0.2) is 0 Å². The predicted octanol–water partition coefficient (Wildman–Crippen LogP) is 2.10. The minimum Gasteiger partial charge on any atom is -0.496 e. The first kappa shape index (κ1) is 12.4. The molecule has 0 aromatic heterocycles. The van der Waals surface area contributed by atoms with Crippen LogP contribution in [0.1, 0.15) is 35.6 Å². The molecule has 0 saturated heterocycles. The van der Waals surface area contributed by atoms with Gasteiger partial charge in [-0.05, 0) is 37.8 Å². The zero-order chi connectivity index (χ0) is 12.4. The fourth-order valence-corrected chi connectivity index (χ4v) is 2.02. The van der Waals surface area contributed by atoms with Crippen LogP contribution in [0.15, 0.2) is 12.1 Å². The quantitative estimate of drug-likeness (QED) is 0.821. The molecule has 0 aliphatic heterocycles. The van der Waals surface area contributed by atoms with Crippen molar-refractivity contribution in [2.24, 2.45) is 0 Å². The molecule has 0 amide bonds. The summed E-state index contributed by atoms with van der Waals surface area (Å²) in [4.78, 5) is 0. The van der Waals surface area contributed by atoms with Crippen LogP contribution in [0.3, 0.4) is 0 Å². The van der Waals surface area contributed by atoms with Crippen molar-refractivity contribution in [2.75, 3.05) is 13.7 Å². The van der Waals surface area contributed by atoms with Gasteiger partial charge in [0, 0.05) is 18.2 Å². The standard InChI is InChI=1S/C14H21NO2/c1-9-4-7-12(14(17-3)10(9)2)13(16)8-15-11-5-6-11/h4,7,11,13,15-16H,5-6,8H2,1-3H3. The van der Waals surface area contributed by atoms with Crippen molar-refractivity contribution in [2.45, 2.75) is 38.8 Å². The molecule has 1 fully saturated rings. The molecule has 1 saturated carbocycles. The van der Waals surface area contributed by atoms with Gasteiger partial charge in [0.25, 0.3) is 0 Å². The number of hydrogen-bond donors (Lipinski definition) is 2. The van der Waals surface area contributed by atoms with Crippen LogP contribution in [0.4, 0.5) is 0 Å². The monoisotopic (exact) mass is 235 g/mol. The van der Waals surface area contributed by atoms with E-state index in [1.807, 2.05) is 19.1 Å². The molecule has 2 rings (SSSR count). The van der Waals surface area contributed by atoms with Gasteiger partial charge in [-0.3, -0.25) is 0 Å². The lowest BCUT2D eigenvalue weighted by atomic mass is 10.0. The number of nitrogens with one attached hydrogen (secondary N) is 1. The SMILES string of the molecule is COc1c(C(O)CNC2CC2)ccc(C)c1C. The lowest BCUT2D eigenvalue weighted by Crippen LogP contribution is -2.23. The summed E-state index contributed by atoms with van der Waals surface area (Å²) in [5, 5.41) is 13.5. The molecular formula is C14H21NO2.